The van der Waals surface area contributed by atoms with E-state index in [2.05, 4.69) is 0 Å². The van der Waals surface area contributed by atoms with Gasteiger partial charge in [0.2, 0.25) is 5.91 Å². The van der Waals surface area contributed by atoms with Crippen molar-refractivity contribution in [2.45, 2.75) is 12.1 Å². The lowest BCUT2D eigenvalue weighted by Gasteiger charge is -2.28. The molecule has 6 rings (SSSR count). The molecule has 2 saturated heterocycles. The number of anilines is 2. The summed E-state index contributed by atoms with van der Waals surface area (Å²) in [5.41, 5.74) is 1.49. The van der Waals surface area contributed by atoms with E-state index < -0.39 is 29.9 Å². The number of benzene rings is 3. The maximum absolute atomic E-state index is 13.8. The van der Waals surface area contributed by atoms with Gasteiger partial charge in [0.15, 0.2) is 6.10 Å². The lowest BCUT2D eigenvalue weighted by atomic mass is 9.95. The molecule has 3 aromatic carbocycles. The molecule has 2 aliphatic rings. The molecule has 3 atom stereocenters. The van der Waals surface area contributed by atoms with Crippen LogP contribution in [0.3, 0.4) is 0 Å². The van der Waals surface area contributed by atoms with Crippen LogP contribution in [-0.2, 0) is 14.4 Å². The van der Waals surface area contributed by atoms with Crippen LogP contribution in [0.4, 0.5) is 11.4 Å². The van der Waals surface area contributed by atoms with Crippen LogP contribution in [0.1, 0.15) is 10.9 Å². The van der Waals surface area contributed by atoms with Crippen LogP contribution in [-0.4, -0.2) is 22.5 Å². The topological polar surface area (TPSA) is 71.8 Å². The van der Waals surface area contributed by atoms with E-state index in [9.17, 15) is 14.4 Å². The first-order chi connectivity index (χ1) is 17.9. The first kappa shape index (κ1) is 24.2. The summed E-state index contributed by atoms with van der Waals surface area (Å²) in [5, 5.41) is 2.17. The maximum atomic E-state index is 13.8. The zero-order valence-corrected chi connectivity index (χ0v) is 21.8. The van der Waals surface area contributed by atoms with Crippen LogP contribution in [0.2, 0.25) is 15.2 Å². The van der Waals surface area contributed by atoms with Crippen molar-refractivity contribution in [1.29, 1.82) is 0 Å². The van der Waals surface area contributed by atoms with E-state index in [-0.39, 0.29) is 20.7 Å². The molecule has 2 aliphatic heterocycles. The summed E-state index contributed by atoms with van der Waals surface area (Å²) in [6, 6.07) is 21.7. The van der Waals surface area contributed by atoms with E-state index in [1.165, 1.54) is 21.8 Å². The molecular weight excluding hydrogens is 557 g/mol. The second-order valence-electron chi connectivity index (χ2n) is 8.46. The number of nitrogens with zero attached hydrogens (tertiary/aromatic N) is 3. The molecule has 0 saturated carbocycles. The summed E-state index contributed by atoms with van der Waals surface area (Å²) in [6.07, 6.45) is -1.12. The van der Waals surface area contributed by atoms with Gasteiger partial charge in [-0.15, -0.1) is 0 Å². The van der Waals surface area contributed by atoms with Gasteiger partial charge in [-0.2, -0.15) is 0 Å². The van der Waals surface area contributed by atoms with E-state index in [4.69, 9.17) is 39.6 Å². The number of rotatable bonds is 4. The summed E-state index contributed by atoms with van der Waals surface area (Å²) in [7, 11) is 0. The minimum atomic E-state index is -1.12. The zero-order valence-electron chi connectivity index (χ0n) is 18.8. The lowest BCUT2D eigenvalue weighted by molar-refractivity contribution is -0.126. The van der Waals surface area contributed by atoms with E-state index in [0.29, 0.717) is 21.3 Å². The van der Waals surface area contributed by atoms with Crippen LogP contribution in [0.5, 0.6) is 0 Å². The fourth-order valence-electron chi connectivity index (χ4n) is 4.71. The molecule has 0 radical (unpaired) electrons. The molecule has 0 bridgehead atoms. The Morgan fingerprint density at radius 2 is 1.38 bits per heavy atom. The summed E-state index contributed by atoms with van der Waals surface area (Å²) in [4.78, 5) is 47.7. The van der Waals surface area contributed by atoms with E-state index in [1.54, 1.807) is 42.5 Å². The molecule has 1 aromatic heterocycles. The van der Waals surface area contributed by atoms with Crippen LogP contribution in [0.15, 0.2) is 83.7 Å². The average molecular weight is 573 g/mol. The van der Waals surface area contributed by atoms with Crippen LogP contribution >= 0.6 is 46.1 Å². The van der Waals surface area contributed by atoms with Gasteiger partial charge in [-0.05, 0) is 42.5 Å². The van der Waals surface area contributed by atoms with Gasteiger partial charge in [0, 0.05) is 0 Å². The van der Waals surface area contributed by atoms with Gasteiger partial charge in [0.25, 0.3) is 5.91 Å². The summed E-state index contributed by atoms with van der Waals surface area (Å²) in [6.45, 7) is 0. The Bertz CT molecular complexity index is 1590. The number of para-hydroxylation sites is 2. The number of thiazole rings is 1. The quantitative estimate of drug-likeness (QED) is 0.284. The molecule has 186 valence electrons. The summed E-state index contributed by atoms with van der Waals surface area (Å²) in [5.74, 6) is -1.98. The highest BCUT2D eigenvalue weighted by atomic mass is 35.5. The number of carbonyl (C=O) groups is 2. The zero-order chi connectivity index (χ0) is 25.8. The van der Waals surface area contributed by atoms with Crippen molar-refractivity contribution >= 4 is 69.3 Å². The van der Waals surface area contributed by atoms with Crippen LogP contribution in [0.25, 0.3) is 5.69 Å². The SMILES string of the molecule is O=C1C2ON(c3ccccc3)C(c3sc(=O)n(-c4ccccc4)c3Cl)C2C(=O)N1c1ccc(Cl)c(Cl)c1. The predicted octanol–water partition coefficient (Wildman–Crippen LogP) is 5.91. The smallest absolute Gasteiger partial charge is 0.273 e. The number of fused-ring (bicyclic) bond motifs is 1. The normalized spacial score (nSPS) is 21.1. The molecular formula is C26H16Cl3N3O4S. The standard InChI is InChI=1S/C26H16Cl3N3O4S/c27-17-12-11-16(13-18(17)28)31-24(33)19-20(32(36-21(19)25(31)34)15-9-5-2-6-10-15)22-23(29)30(26(35)37-22)14-7-3-1-4-8-14/h1-13,19-21H. The van der Waals surface area contributed by atoms with Gasteiger partial charge in [-0.25, -0.2) is 9.96 Å². The molecule has 0 spiro atoms. The Morgan fingerprint density at radius 3 is 2.03 bits per heavy atom. The molecule has 7 nitrogen and oxygen atoms in total. The number of imide groups is 1. The number of hydrogen-bond acceptors (Lipinski definition) is 6. The third-order valence-corrected chi connectivity index (χ3v) is 8.59. The Kier molecular flexibility index (Phi) is 6.09. The van der Waals surface area contributed by atoms with Crippen molar-refractivity contribution in [1.82, 2.24) is 4.57 Å². The third kappa shape index (κ3) is 3.88. The van der Waals surface area contributed by atoms with Crippen molar-refractivity contribution in [3.63, 3.8) is 0 Å². The first-order valence-electron chi connectivity index (χ1n) is 11.2. The minimum absolute atomic E-state index is 0.157. The van der Waals surface area contributed by atoms with Gasteiger partial charge in [0.05, 0.1) is 32.0 Å². The average Bonchev–Trinajstić information content (AvgIpc) is 3.51. The Morgan fingerprint density at radius 1 is 0.730 bits per heavy atom. The molecule has 0 aliphatic carbocycles. The van der Waals surface area contributed by atoms with Crippen molar-refractivity contribution in [3.05, 3.63) is 109 Å². The summed E-state index contributed by atoms with van der Waals surface area (Å²) < 4.78 is 1.38. The minimum Gasteiger partial charge on any atom is -0.273 e. The van der Waals surface area contributed by atoms with Gasteiger partial charge in [-0.1, -0.05) is 82.5 Å². The molecule has 0 N–H and O–H groups in total. The third-order valence-electron chi connectivity index (χ3n) is 6.35. The highest BCUT2D eigenvalue weighted by Crippen LogP contribution is 2.50. The number of amides is 2. The van der Waals surface area contributed by atoms with Gasteiger partial charge in [-0.3, -0.25) is 23.8 Å². The number of halogens is 3. The highest BCUT2D eigenvalue weighted by molar-refractivity contribution is 7.10. The molecule has 4 aromatic rings. The monoisotopic (exact) mass is 571 g/mol. The first-order valence-corrected chi connectivity index (χ1v) is 13.1. The second kappa shape index (κ2) is 9.31. The van der Waals surface area contributed by atoms with Gasteiger partial charge < -0.3 is 0 Å². The largest absolute Gasteiger partial charge is 0.313 e. The van der Waals surface area contributed by atoms with Crippen LogP contribution in [0, 0.1) is 5.92 Å². The Balaban J connectivity index is 1.49. The molecule has 3 heterocycles. The Hall–Kier alpha value is -3.14. The second-order valence-corrected chi connectivity index (χ2v) is 10.6. The molecule has 2 amide bonds. The van der Waals surface area contributed by atoms with E-state index in [0.717, 1.165) is 16.2 Å². The van der Waals surface area contributed by atoms with Gasteiger partial charge >= 0.3 is 4.87 Å². The maximum Gasteiger partial charge on any atom is 0.313 e. The number of aromatic nitrogens is 1. The van der Waals surface area contributed by atoms with Crippen molar-refractivity contribution < 1.29 is 14.4 Å². The highest BCUT2D eigenvalue weighted by Gasteiger charge is 2.61. The van der Waals surface area contributed by atoms with Crippen molar-refractivity contribution in [2.75, 3.05) is 9.96 Å². The fourth-order valence-corrected chi connectivity index (χ4v) is 6.47. The predicted molar refractivity (Wildman–Crippen MR) is 144 cm³/mol. The van der Waals surface area contributed by atoms with E-state index in [1.807, 2.05) is 24.3 Å². The molecule has 11 heteroatoms. The van der Waals surface area contributed by atoms with Crippen molar-refractivity contribution in [2.24, 2.45) is 5.92 Å². The molecule has 3 unspecified atom stereocenters. The molecule has 37 heavy (non-hydrogen) atoms. The van der Waals surface area contributed by atoms with Crippen molar-refractivity contribution in [3.8, 4) is 5.69 Å². The number of carbonyl (C=O) groups excluding carboxylic acids is 2. The van der Waals surface area contributed by atoms with E-state index >= 15 is 0 Å². The summed E-state index contributed by atoms with van der Waals surface area (Å²) >= 11 is 19.9. The van der Waals surface area contributed by atoms with Crippen LogP contribution < -0.4 is 14.8 Å². The molecule has 2 fully saturated rings. The fraction of sp³-hybridized carbons (Fsp3) is 0.115. The number of hydroxylamine groups is 1. The lowest BCUT2D eigenvalue weighted by Crippen LogP contribution is -2.37. The van der Waals surface area contributed by atoms with Gasteiger partial charge in [0.1, 0.15) is 17.1 Å². The number of hydrogen-bond donors (Lipinski definition) is 0. The Labute approximate surface area is 229 Å².